The molecule has 0 spiro atoms. The first-order chi connectivity index (χ1) is 13.8. The van der Waals surface area contributed by atoms with Gasteiger partial charge < -0.3 is 15.4 Å². The number of aliphatic imine (C=N–C) groups is 1. The first kappa shape index (κ1) is 23.6. The number of ether oxygens (including phenoxy) is 1. The van der Waals surface area contributed by atoms with Gasteiger partial charge in [0.25, 0.3) is 0 Å². The van der Waals surface area contributed by atoms with Crippen LogP contribution in [0.4, 0.5) is 4.39 Å². The maximum Gasteiger partial charge on any atom is 0.191 e. The van der Waals surface area contributed by atoms with Crippen LogP contribution in [-0.4, -0.2) is 71.5 Å². The van der Waals surface area contributed by atoms with Gasteiger partial charge in [-0.3, -0.25) is 4.90 Å². The molecular formula is C20H33FN4O3S. The number of methoxy groups -OCH3 is 1. The summed E-state index contributed by atoms with van der Waals surface area (Å²) in [4.78, 5) is 6.97. The van der Waals surface area contributed by atoms with E-state index >= 15 is 0 Å². The van der Waals surface area contributed by atoms with Gasteiger partial charge >= 0.3 is 0 Å². The lowest BCUT2D eigenvalue weighted by Crippen LogP contribution is -2.45. The zero-order chi connectivity index (χ0) is 21.3. The van der Waals surface area contributed by atoms with Gasteiger partial charge in [0.15, 0.2) is 15.8 Å². The lowest BCUT2D eigenvalue weighted by Gasteiger charge is -2.25. The van der Waals surface area contributed by atoms with Crippen LogP contribution in [0, 0.1) is 5.82 Å². The Labute approximate surface area is 173 Å². The Hall–Kier alpha value is -1.71. The molecule has 1 fully saturated rings. The van der Waals surface area contributed by atoms with Crippen molar-refractivity contribution in [1.29, 1.82) is 0 Å². The molecule has 9 heteroatoms. The molecule has 0 aromatic heterocycles. The molecule has 0 radical (unpaired) electrons. The SMILES string of the molecule is CCNC(=NCc1cc(F)ccc1CS(C)(=O)=O)NCC1CCCN1CCOC. The van der Waals surface area contributed by atoms with Crippen LogP contribution in [-0.2, 0) is 26.9 Å². The van der Waals surface area contributed by atoms with E-state index in [9.17, 15) is 12.8 Å². The van der Waals surface area contributed by atoms with Crippen LogP contribution in [0.25, 0.3) is 0 Å². The van der Waals surface area contributed by atoms with Crippen LogP contribution >= 0.6 is 0 Å². The number of guanidine groups is 1. The highest BCUT2D eigenvalue weighted by atomic mass is 32.2. The fourth-order valence-electron chi connectivity index (χ4n) is 3.51. The Balaban J connectivity index is 2.04. The molecule has 1 unspecified atom stereocenters. The number of sulfone groups is 1. The zero-order valence-corrected chi connectivity index (χ0v) is 18.4. The molecule has 7 nitrogen and oxygen atoms in total. The average Bonchev–Trinajstić information content (AvgIpc) is 3.10. The minimum absolute atomic E-state index is 0.126. The summed E-state index contributed by atoms with van der Waals surface area (Å²) in [6.45, 7) is 6.34. The molecule has 1 atom stereocenters. The second-order valence-corrected chi connectivity index (χ2v) is 9.52. The maximum absolute atomic E-state index is 13.7. The third-order valence-corrected chi connectivity index (χ3v) is 5.76. The summed E-state index contributed by atoms with van der Waals surface area (Å²) in [6.07, 6.45) is 3.46. The minimum Gasteiger partial charge on any atom is -0.383 e. The highest BCUT2D eigenvalue weighted by Crippen LogP contribution is 2.17. The van der Waals surface area contributed by atoms with Crippen molar-refractivity contribution in [2.24, 2.45) is 4.99 Å². The van der Waals surface area contributed by atoms with Gasteiger partial charge in [-0.2, -0.15) is 0 Å². The monoisotopic (exact) mass is 428 g/mol. The van der Waals surface area contributed by atoms with Crippen LogP contribution in [0.3, 0.4) is 0 Å². The molecule has 1 aromatic rings. The fourth-order valence-corrected chi connectivity index (χ4v) is 4.36. The molecule has 0 amide bonds. The summed E-state index contributed by atoms with van der Waals surface area (Å²) in [6, 6.07) is 4.58. The summed E-state index contributed by atoms with van der Waals surface area (Å²) < 4.78 is 42.2. The Morgan fingerprint density at radius 3 is 2.83 bits per heavy atom. The number of hydrogen-bond donors (Lipinski definition) is 2. The van der Waals surface area contributed by atoms with E-state index in [2.05, 4.69) is 20.5 Å². The first-order valence-electron chi connectivity index (χ1n) is 10.0. The van der Waals surface area contributed by atoms with E-state index in [1.807, 2.05) is 6.92 Å². The molecule has 29 heavy (non-hydrogen) atoms. The largest absolute Gasteiger partial charge is 0.383 e. The number of hydrogen-bond acceptors (Lipinski definition) is 5. The molecule has 2 N–H and O–H groups in total. The van der Waals surface area contributed by atoms with Gasteiger partial charge in [-0.05, 0) is 49.6 Å². The normalized spacial score (nSPS) is 18.2. The summed E-state index contributed by atoms with van der Waals surface area (Å²) >= 11 is 0. The molecule has 0 saturated carbocycles. The van der Waals surface area contributed by atoms with Crippen LogP contribution in [0.2, 0.25) is 0 Å². The Morgan fingerprint density at radius 1 is 1.34 bits per heavy atom. The smallest absolute Gasteiger partial charge is 0.191 e. The van der Waals surface area contributed by atoms with Crippen molar-refractivity contribution in [3.63, 3.8) is 0 Å². The molecule has 1 saturated heterocycles. The number of rotatable bonds is 10. The van der Waals surface area contributed by atoms with Crippen molar-refractivity contribution in [3.8, 4) is 0 Å². The number of halogens is 1. The van der Waals surface area contributed by atoms with Gasteiger partial charge in [-0.25, -0.2) is 17.8 Å². The molecule has 1 aliphatic rings. The van der Waals surface area contributed by atoms with E-state index < -0.39 is 15.7 Å². The highest BCUT2D eigenvalue weighted by molar-refractivity contribution is 7.89. The van der Waals surface area contributed by atoms with Crippen LogP contribution in [0.5, 0.6) is 0 Å². The minimum atomic E-state index is -3.21. The molecule has 1 aromatic carbocycles. The predicted molar refractivity (Wildman–Crippen MR) is 114 cm³/mol. The van der Waals surface area contributed by atoms with E-state index in [1.165, 1.54) is 30.9 Å². The molecule has 1 aliphatic heterocycles. The maximum atomic E-state index is 13.7. The van der Waals surface area contributed by atoms with Crippen LogP contribution < -0.4 is 10.6 Å². The molecule has 164 valence electrons. The number of benzene rings is 1. The summed E-state index contributed by atoms with van der Waals surface area (Å²) in [5.74, 6) is 0.115. The van der Waals surface area contributed by atoms with E-state index in [-0.39, 0.29) is 12.3 Å². The van der Waals surface area contributed by atoms with Crippen molar-refractivity contribution < 1.29 is 17.5 Å². The Morgan fingerprint density at radius 2 is 2.14 bits per heavy atom. The predicted octanol–water partition coefficient (Wildman–Crippen LogP) is 1.54. The molecular weight excluding hydrogens is 395 g/mol. The standard InChI is InChI=1S/C20H33FN4O3S/c1-4-22-20(24-14-19-6-5-9-25(19)10-11-28-2)23-13-17-12-18(21)8-7-16(17)15-29(3,26)27/h7-8,12,19H,4-6,9-11,13-15H2,1-3H3,(H2,22,23,24). The highest BCUT2D eigenvalue weighted by Gasteiger charge is 2.24. The second-order valence-electron chi connectivity index (χ2n) is 7.38. The van der Waals surface area contributed by atoms with Gasteiger partial charge in [0, 0.05) is 39.0 Å². The van der Waals surface area contributed by atoms with Gasteiger partial charge in [-0.15, -0.1) is 0 Å². The van der Waals surface area contributed by atoms with Gasteiger partial charge in [0.2, 0.25) is 0 Å². The van der Waals surface area contributed by atoms with E-state index in [0.29, 0.717) is 36.3 Å². The van der Waals surface area contributed by atoms with Crippen molar-refractivity contribution >= 4 is 15.8 Å². The average molecular weight is 429 g/mol. The van der Waals surface area contributed by atoms with Crippen molar-refractivity contribution in [3.05, 3.63) is 35.1 Å². The van der Waals surface area contributed by atoms with Crippen LogP contribution in [0.15, 0.2) is 23.2 Å². The number of likely N-dealkylation sites (tertiary alicyclic amines) is 1. The molecule has 2 rings (SSSR count). The fraction of sp³-hybridized carbons (Fsp3) is 0.650. The summed E-state index contributed by atoms with van der Waals surface area (Å²) in [5, 5.41) is 6.57. The summed E-state index contributed by atoms with van der Waals surface area (Å²) in [7, 11) is -1.50. The van der Waals surface area contributed by atoms with Gasteiger partial charge in [0.05, 0.1) is 18.9 Å². The van der Waals surface area contributed by atoms with Crippen molar-refractivity contribution in [2.45, 2.75) is 38.1 Å². The molecule has 0 bridgehead atoms. The third-order valence-electron chi connectivity index (χ3n) is 4.92. The van der Waals surface area contributed by atoms with Crippen LogP contribution in [0.1, 0.15) is 30.9 Å². The summed E-state index contributed by atoms with van der Waals surface area (Å²) in [5.41, 5.74) is 1.16. The third kappa shape index (κ3) is 8.28. The topological polar surface area (TPSA) is 83.0 Å². The quantitative estimate of drug-likeness (QED) is 0.435. The second kappa shape index (κ2) is 11.5. The Kier molecular flexibility index (Phi) is 9.32. The van der Waals surface area contributed by atoms with E-state index in [1.54, 1.807) is 7.11 Å². The number of nitrogens with one attached hydrogen (secondary N) is 2. The van der Waals surface area contributed by atoms with Gasteiger partial charge in [-0.1, -0.05) is 6.07 Å². The van der Waals surface area contributed by atoms with Crippen molar-refractivity contribution in [1.82, 2.24) is 15.5 Å². The first-order valence-corrected chi connectivity index (χ1v) is 12.1. The van der Waals surface area contributed by atoms with Gasteiger partial charge in [0.1, 0.15) is 5.82 Å². The van der Waals surface area contributed by atoms with Crippen molar-refractivity contribution in [2.75, 3.05) is 46.2 Å². The number of nitrogens with zero attached hydrogens (tertiary/aromatic N) is 2. The lowest BCUT2D eigenvalue weighted by atomic mass is 10.1. The lowest BCUT2D eigenvalue weighted by molar-refractivity contribution is 0.141. The molecule has 1 heterocycles. The van der Waals surface area contributed by atoms with E-state index in [4.69, 9.17) is 4.74 Å². The molecule has 0 aliphatic carbocycles. The zero-order valence-electron chi connectivity index (χ0n) is 17.6. The Bertz CT molecular complexity index is 786. The van der Waals surface area contributed by atoms with E-state index in [0.717, 1.165) is 26.1 Å².